The summed E-state index contributed by atoms with van der Waals surface area (Å²) in [6.07, 6.45) is 1.09. The Labute approximate surface area is 309 Å². The molecule has 0 fully saturated rings. The van der Waals surface area contributed by atoms with Crippen molar-refractivity contribution in [2.75, 3.05) is 26.4 Å². The Morgan fingerprint density at radius 3 is 0.980 bits per heavy atom. The van der Waals surface area contributed by atoms with Gasteiger partial charge in [-0.05, 0) is 61.8 Å². The molecule has 2 aromatic heterocycles. The number of hydrogen-bond donors (Lipinski definition) is 0. The van der Waals surface area contributed by atoms with E-state index >= 15 is 0 Å². The van der Waals surface area contributed by atoms with Gasteiger partial charge in [-0.15, -0.1) is 22.7 Å². The molecule has 0 saturated heterocycles. The standard InChI is InChI=1S/C45H44O4S2/c1-7-45(5,6)35-22-18-33(19-23-35)43-39-37(47-25-27-49-39)41(51-43)31-14-10-29(11-15-31)28-8-12-30(13-9-28)40-36-38(48-26-24-46-36)42(50-40)32-16-20-34(21-17-32)44(2,3)4/h8-23H,7,24-27H2,1-6H3. The van der Waals surface area contributed by atoms with E-state index in [-0.39, 0.29) is 10.8 Å². The van der Waals surface area contributed by atoms with Crippen molar-refractivity contribution in [3.63, 3.8) is 0 Å². The van der Waals surface area contributed by atoms with Crippen molar-refractivity contribution in [1.82, 2.24) is 0 Å². The Balaban J connectivity index is 1.06. The van der Waals surface area contributed by atoms with Crippen molar-refractivity contribution in [3.05, 3.63) is 108 Å². The smallest absolute Gasteiger partial charge is 0.180 e. The second-order valence-electron chi connectivity index (χ2n) is 15.0. The van der Waals surface area contributed by atoms with Gasteiger partial charge in [-0.3, -0.25) is 0 Å². The quantitative estimate of drug-likeness (QED) is 0.165. The molecule has 260 valence electrons. The molecule has 8 rings (SSSR count). The zero-order valence-electron chi connectivity index (χ0n) is 30.2. The first-order valence-corrected chi connectivity index (χ1v) is 19.5. The van der Waals surface area contributed by atoms with Gasteiger partial charge in [0, 0.05) is 0 Å². The number of fused-ring (bicyclic) bond motifs is 2. The minimum atomic E-state index is 0.107. The van der Waals surface area contributed by atoms with Crippen molar-refractivity contribution in [2.24, 2.45) is 0 Å². The molecule has 0 bridgehead atoms. The maximum absolute atomic E-state index is 6.23. The normalized spacial score (nSPS) is 14.1. The van der Waals surface area contributed by atoms with E-state index in [1.54, 1.807) is 22.7 Å². The highest BCUT2D eigenvalue weighted by molar-refractivity contribution is 7.20. The first kappa shape index (κ1) is 33.6. The lowest BCUT2D eigenvalue weighted by atomic mass is 9.82. The third-order valence-electron chi connectivity index (χ3n) is 10.3. The van der Waals surface area contributed by atoms with Gasteiger partial charge in [0.2, 0.25) is 0 Å². The van der Waals surface area contributed by atoms with Crippen LogP contribution in [-0.2, 0) is 10.8 Å². The molecule has 6 aromatic rings. The molecule has 0 N–H and O–H groups in total. The molecule has 0 spiro atoms. The van der Waals surface area contributed by atoms with Crippen LogP contribution in [0.4, 0.5) is 0 Å². The molecule has 2 aliphatic rings. The molecular formula is C45H44O4S2. The third kappa shape index (κ3) is 6.34. The highest BCUT2D eigenvalue weighted by Gasteiger charge is 2.28. The summed E-state index contributed by atoms with van der Waals surface area (Å²) in [5.41, 5.74) is 9.82. The van der Waals surface area contributed by atoms with Gasteiger partial charge >= 0.3 is 0 Å². The van der Waals surface area contributed by atoms with Gasteiger partial charge in [-0.2, -0.15) is 0 Å². The molecule has 0 radical (unpaired) electrons. The van der Waals surface area contributed by atoms with Gasteiger partial charge < -0.3 is 18.9 Å². The van der Waals surface area contributed by atoms with E-state index in [0.29, 0.717) is 26.4 Å². The molecule has 4 nitrogen and oxygen atoms in total. The van der Waals surface area contributed by atoms with Crippen molar-refractivity contribution in [1.29, 1.82) is 0 Å². The Morgan fingerprint density at radius 1 is 0.412 bits per heavy atom. The van der Waals surface area contributed by atoms with Gasteiger partial charge in [0.15, 0.2) is 23.0 Å². The van der Waals surface area contributed by atoms with Crippen LogP contribution < -0.4 is 18.9 Å². The highest BCUT2D eigenvalue weighted by atomic mass is 32.1. The van der Waals surface area contributed by atoms with Crippen LogP contribution in [0, 0.1) is 0 Å². The molecular weight excluding hydrogens is 669 g/mol. The summed E-state index contributed by atoms with van der Waals surface area (Å²) in [4.78, 5) is 4.44. The van der Waals surface area contributed by atoms with E-state index in [2.05, 4.69) is 139 Å². The molecule has 51 heavy (non-hydrogen) atoms. The predicted molar refractivity (Wildman–Crippen MR) is 213 cm³/mol. The zero-order valence-corrected chi connectivity index (χ0v) is 31.9. The average Bonchev–Trinajstić information content (AvgIpc) is 3.75. The van der Waals surface area contributed by atoms with Gasteiger partial charge in [0.05, 0.1) is 19.5 Å². The molecule has 4 heterocycles. The monoisotopic (exact) mass is 712 g/mol. The summed E-state index contributed by atoms with van der Waals surface area (Å²) in [5, 5.41) is 0. The van der Waals surface area contributed by atoms with Crippen LogP contribution in [0.5, 0.6) is 23.0 Å². The van der Waals surface area contributed by atoms with Crippen LogP contribution in [0.25, 0.3) is 52.9 Å². The topological polar surface area (TPSA) is 36.9 Å². The summed E-state index contributed by atoms with van der Waals surface area (Å²) < 4.78 is 24.9. The highest BCUT2D eigenvalue weighted by Crippen LogP contribution is 2.55. The first-order valence-electron chi connectivity index (χ1n) is 17.9. The van der Waals surface area contributed by atoms with Crippen molar-refractivity contribution in [3.8, 4) is 75.9 Å². The van der Waals surface area contributed by atoms with E-state index in [9.17, 15) is 0 Å². The summed E-state index contributed by atoms with van der Waals surface area (Å²) in [6.45, 7) is 15.8. The minimum Gasteiger partial charge on any atom is -0.485 e. The summed E-state index contributed by atoms with van der Waals surface area (Å²) >= 11 is 3.48. The molecule has 0 unspecified atom stereocenters. The summed E-state index contributed by atoms with van der Waals surface area (Å²) in [5.74, 6) is 3.42. The van der Waals surface area contributed by atoms with Crippen LogP contribution >= 0.6 is 22.7 Å². The van der Waals surface area contributed by atoms with Crippen molar-refractivity contribution < 1.29 is 18.9 Å². The molecule has 0 amide bonds. The molecule has 0 atom stereocenters. The molecule has 6 heteroatoms. The molecule has 2 aliphatic heterocycles. The molecule has 0 saturated carbocycles. The predicted octanol–water partition coefficient (Wildman–Crippen LogP) is 12.7. The average molecular weight is 713 g/mol. The largest absolute Gasteiger partial charge is 0.485 e. The minimum absolute atomic E-state index is 0.107. The fourth-order valence-electron chi connectivity index (χ4n) is 6.69. The second kappa shape index (κ2) is 13.2. The van der Waals surface area contributed by atoms with Crippen molar-refractivity contribution >= 4 is 22.7 Å². The van der Waals surface area contributed by atoms with Crippen LogP contribution in [-0.4, -0.2) is 26.4 Å². The maximum atomic E-state index is 6.23. The Hall–Kier alpha value is -4.52. The second-order valence-corrected chi connectivity index (χ2v) is 17.1. The maximum Gasteiger partial charge on any atom is 0.180 e. The van der Waals surface area contributed by atoms with E-state index in [1.807, 2.05) is 0 Å². The van der Waals surface area contributed by atoms with E-state index in [4.69, 9.17) is 18.9 Å². The third-order valence-corrected chi connectivity index (χ3v) is 12.8. The number of benzene rings is 4. The van der Waals surface area contributed by atoms with E-state index < -0.39 is 0 Å². The number of thiophene rings is 2. The summed E-state index contributed by atoms with van der Waals surface area (Å²) in [7, 11) is 0. The number of hydrogen-bond acceptors (Lipinski definition) is 6. The van der Waals surface area contributed by atoms with E-state index in [1.165, 1.54) is 11.1 Å². The zero-order chi connectivity index (χ0) is 35.3. The fourth-order valence-corrected chi connectivity index (χ4v) is 9.09. The Bertz CT molecular complexity index is 2160. The van der Waals surface area contributed by atoms with Crippen LogP contribution in [0.3, 0.4) is 0 Å². The Kier molecular flexibility index (Phi) is 8.72. The molecule has 0 aliphatic carbocycles. The SMILES string of the molecule is CCC(C)(C)c1ccc(-c2sc(-c3ccc(-c4ccc(-c5sc(-c6ccc(C(C)(C)C)cc6)c6c5OCCO6)cc4)cc3)c3c2OCCO3)cc1. The lowest BCUT2D eigenvalue weighted by Gasteiger charge is -2.23. The van der Waals surface area contributed by atoms with Gasteiger partial charge in [-0.1, -0.05) is 139 Å². The van der Waals surface area contributed by atoms with Gasteiger partial charge in [0.25, 0.3) is 0 Å². The van der Waals surface area contributed by atoms with Crippen molar-refractivity contribution in [2.45, 2.75) is 58.8 Å². The lowest BCUT2D eigenvalue weighted by Crippen LogP contribution is -2.15. The number of ether oxygens (including phenoxy) is 4. The number of rotatable bonds is 7. The Morgan fingerprint density at radius 2 is 0.686 bits per heavy atom. The lowest BCUT2D eigenvalue weighted by molar-refractivity contribution is 0.175. The van der Waals surface area contributed by atoms with Crippen LogP contribution in [0.15, 0.2) is 97.1 Å². The molecule has 4 aromatic carbocycles. The summed E-state index contributed by atoms with van der Waals surface area (Å²) in [6, 6.07) is 35.4. The van der Waals surface area contributed by atoms with Crippen LogP contribution in [0.1, 0.15) is 59.1 Å². The van der Waals surface area contributed by atoms with Gasteiger partial charge in [0.1, 0.15) is 26.4 Å². The first-order chi connectivity index (χ1) is 24.6. The van der Waals surface area contributed by atoms with Crippen LogP contribution in [0.2, 0.25) is 0 Å². The van der Waals surface area contributed by atoms with E-state index in [0.717, 1.165) is 82.3 Å². The fraction of sp³-hybridized carbons (Fsp3) is 0.289. The van der Waals surface area contributed by atoms with Gasteiger partial charge in [-0.25, -0.2) is 0 Å².